The third-order valence-corrected chi connectivity index (χ3v) is 4.03. The second kappa shape index (κ2) is 8.47. The van der Waals surface area contributed by atoms with Crippen LogP contribution in [0.3, 0.4) is 0 Å². The third kappa shape index (κ3) is 4.59. The number of hydrogen-bond acceptors (Lipinski definition) is 5. The normalized spacial score (nSPS) is 11.7. The van der Waals surface area contributed by atoms with Gasteiger partial charge >= 0.3 is 5.97 Å². The lowest BCUT2D eigenvalue weighted by Gasteiger charge is -2.12. The molecular formula is C20H23NO5. The number of carbonyl (C=O) groups is 3. The predicted molar refractivity (Wildman–Crippen MR) is 96.7 cm³/mol. The Hall–Kier alpha value is -2.89. The van der Waals surface area contributed by atoms with Gasteiger partial charge in [0.15, 0.2) is 11.9 Å². The number of aromatic amines is 1. The summed E-state index contributed by atoms with van der Waals surface area (Å²) in [4.78, 5) is 39.1. The van der Waals surface area contributed by atoms with Gasteiger partial charge in [-0.25, -0.2) is 0 Å². The SMILES string of the molecule is CC(=O)c1c(C)[nH]c(C(=O)[C@@H](C)OC(=O)CCOc2ccccc2)c1C. The molecular weight excluding hydrogens is 334 g/mol. The van der Waals surface area contributed by atoms with Crippen LogP contribution in [0.1, 0.15) is 52.4 Å². The molecule has 0 radical (unpaired) electrons. The zero-order valence-electron chi connectivity index (χ0n) is 15.4. The first-order chi connectivity index (χ1) is 12.3. The molecule has 2 aromatic rings. The maximum atomic E-state index is 12.5. The average Bonchev–Trinajstić information content (AvgIpc) is 2.89. The number of Topliss-reactive ketones (excluding diaryl/α,β-unsaturated/α-hetero) is 2. The molecule has 0 spiro atoms. The molecule has 0 aliphatic carbocycles. The summed E-state index contributed by atoms with van der Waals surface area (Å²) in [6, 6.07) is 9.13. The first-order valence-electron chi connectivity index (χ1n) is 8.43. The molecule has 6 nitrogen and oxygen atoms in total. The maximum Gasteiger partial charge on any atom is 0.309 e. The minimum Gasteiger partial charge on any atom is -0.493 e. The summed E-state index contributed by atoms with van der Waals surface area (Å²) in [7, 11) is 0. The number of ketones is 2. The molecule has 138 valence electrons. The highest BCUT2D eigenvalue weighted by atomic mass is 16.5. The molecule has 0 unspecified atom stereocenters. The van der Waals surface area contributed by atoms with Crippen molar-refractivity contribution in [1.82, 2.24) is 4.98 Å². The number of aromatic nitrogens is 1. The standard InChI is InChI=1S/C20H23NO5/c1-12-18(14(3)22)13(2)21-19(12)20(24)15(4)26-17(23)10-11-25-16-8-6-5-7-9-16/h5-9,15,21H,10-11H2,1-4H3/t15-/m1/s1. The molecule has 0 aliphatic rings. The number of nitrogens with one attached hydrogen (secondary N) is 1. The summed E-state index contributed by atoms with van der Waals surface area (Å²) in [5, 5.41) is 0. The van der Waals surface area contributed by atoms with Gasteiger partial charge in [-0.15, -0.1) is 0 Å². The lowest BCUT2D eigenvalue weighted by atomic mass is 10.0. The first-order valence-corrected chi connectivity index (χ1v) is 8.43. The van der Waals surface area contributed by atoms with Gasteiger partial charge in [0.05, 0.1) is 18.7 Å². The van der Waals surface area contributed by atoms with E-state index in [2.05, 4.69) is 4.98 Å². The van der Waals surface area contributed by atoms with Crippen LogP contribution in [-0.4, -0.2) is 35.2 Å². The van der Waals surface area contributed by atoms with Gasteiger partial charge in [0.1, 0.15) is 5.75 Å². The molecule has 26 heavy (non-hydrogen) atoms. The Morgan fingerprint density at radius 1 is 1.12 bits per heavy atom. The van der Waals surface area contributed by atoms with Crippen molar-refractivity contribution in [1.29, 1.82) is 0 Å². The van der Waals surface area contributed by atoms with Crippen LogP contribution in [0.25, 0.3) is 0 Å². The van der Waals surface area contributed by atoms with Gasteiger partial charge in [0, 0.05) is 11.3 Å². The zero-order chi connectivity index (χ0) is 19.3. The van der Waals surface area contributed by atoms with E-state index in [0.717, 1.165) is 0 Å². The molecule has 6 heteroatoms. The summed E-state index contributed by atoms with van der Waals surface area (Å²) in [6.07, 6.45) is -0.913. The van der Waals surface area contributed by atoms with Crippen molar-refractivity contribution in [3.05, 3.63) is 52.8 Å². The van der Waals surface area contributed by atoms with Crippen molar-refractivity contribution >= 4 is 17.5 Å². The van der Waals surface area contributed by atoms with Crippen LogP contribution in [0.2, 0.25) is 0 Å². The molecule has 1 heterocycles. The van der Waals surface area contributed by atoms with Gasteiger partial charge in [-0.2, -0.15) is 0 Å². The van der Waals surface area contributed by atoms with Crippen molar-refractivity contribution in [3.63, 3.8) is 0 Å². The Kier molecular flexibility index (Phi) is 6.33. The minimum atomic E-state index is -0.948. The van der Waals surface area contributed by atoms with Crippen molar-refractivity contribution in [2.24, 2.45) is 0 Å². The van der Waals surface area contributed by atoms with Gasteiger partial charge in [-0.1, -0.05) is 18.2 Å². The van der Waals surface area contributed by atoms with E-state index in [9.17, 15) is 14.4 Å². The molecule has 0 bridgehead atoms. The van der Waals surface area contributed by atoms with E-state index in [1.54, 1.807) is 26.0 Å². The molecule has 0 fully saturated rings. The number of H-pyrrole nitrogens is 1. The Bertz CT molecular complexity index is 807. The van der Waals surface area contributed by atoms with Crippen LogP contribution in [0.15, 0.2) is 30.3 Å². The van der Waals surface area contributed by atoms with Gasteiger partial charge < -0.3 is 14.5 Å². The number of aryl methyl sites for hydroxylation is 1. The van der Waals surface area contributed by atoms with Crippen LogP contribution in [0, 0.1) is 13.8 Å². The fourth-order valence-electron chi connectivity index (χ4n) is 2.81. The van der Waals surface area contributed by atoms with Gasteiger partial charge in [-0.3, -0.25) is 14.4 Å². The molecule has 1 N–H and O–H groups in total. The molecule has 2 rings (SSSR count). The van der Waals surface area contributed by atoms with Crippen LogP contribution >= 0.6 is 0 Å². The van der Waals surface area contributed by atoms with Crippen LogP contribution in [0.5, 0.6) is 5.75 Å². The number of para-hydroxylation sites is 1. The smallest absolute Gasteiger partial charge is 0.309 e. The highest BCUT2D eigenvalue weighted by Gasteiger charge is 2.25. The predicted octanol–water partition coefficient (Wildman–Crippen LogP) is 3.42. The van der Waals surface area contributed by atoms with Crippen molar-refractivity contribution in [3.8, 4) is 5.75 Å². The Balaban J connectivity index is 1.91. The quantitative estimate of drug-likeness (QED) is 0.578. The molecule has 0 saturated heterocycles. The highest BCUT2D eigenvalue weighted by Crippen LogP contribution is 2.20. The number of ether oxygens (including phenoxy) is 2. The summed E-state index contributed by atoms with van der Waals surface area (Å²) < 4.78 is 10.6. The average molecular weight is 357 g/mol. The number of esters is 1. The van der Waals surface area contributed by atoms with Crippen LogP contribution in [-0.2, 0) is 9.53 Å². The van der Waals surface area contributed by atoms with Crippen molar-refractivity contribution in [2.75, 3.05) is 6.61 Å². The summed E-state index contributed by atoms with van der Waals surface area (Å²) in [5.74, 6) is -0.332. The van der Waals surface area contributed by atoms with E-state index in [1.165, 1.54) is 13.8 Å². The molecule has 0 aliphatic heterocycles. The maximum absolute atomic E-state index is 12.5. The van der Waals surface area contributed by atoms with Gasteiger partial charge in [0.25, 0.3) is 0 Å². The number of rotatable bonds is 8. The Morgan fingerprint density at radius 3 is 2.35 bits per heavy atom. The van der Waals surface area contributed by atoms with E-state index in [0.29, 0.717) is 28.3 Å². The minimum absolute atomic E-state index is 0.0357. The van der Waals surface area contributed by atoms with Gasteiger partial charge in [0.2, 0.25) is 5.78 Å². The lowest BCUT2D eigenvalue weighted by molar-refractivity contribution is -0.146. The highest BCUT2D eigenvalue weighted by molar-refractivity contribution is 6.05. The van der Waals surface area contributed by atoms with E-state index in [-0.39, 0.29) is 24.6 Å². The number of benzene rings is 1. The van der Waals surface area contributed by atoms with Crippen molar-refractivity contribution < 1.29 is 23.9 Å². The van der Waals surface area contributed by atoms with E-state index in [4.69, 9.17) is 9.47 Å². The Morgan fingerprint density at radius 2 is 1.77 bits per heavy atom. The molecule has 0 amide bonds. The lowest BCUT2D eigenvalue weighted by Crippen LogP contribution is -2.26. The molecule has 1 aromatic carbocycles. The first kappa shape index (κ1) is 19.4. The molecule has 1 aromatic heterocycles. The largest absolute Gasteiger partial charge is 0.493 e. The Labute approximate surface area is 152 Å². The fraction of sp³-hybridized carbons (Fsp3) is 0.350. The summed E-state index contributed by atoms with van der Waals surface area (Å²) in [5.41, 5.74) is 2.01. The van der Waals surface area contributed by atoms with E-state index < -0.39 is 12.1 Å². The number of carbonyl (C=O) groups excluding carboxylic acids is 3. The third-order valence-electron chi connectivity index (χ3n) is 4.03. The van der Waals surface area contributed by atoms with E-state index in [1.807, 2.05) is 18.2 Å². The monoisotopic (exact) mass is 357 g/mol. The van der Waals surface area contributed by atoms with Gasteiger partial charge in [-0.05, 0) is 45.4 Å². The molecule has 1 atom stereocenters. The van der Waals surface area contributed by atoms with Crippen LogP contribution in [0.4, 0.5) is 0 Å². The van der Waals surface area contributed by atoms with E-state index >= 15 is 0 Å². The summed E-state index contributed by atoms with van der Waals surface area (Å²) >= 11 is 0. The second-order valence-electron chi connectivity index (χ2n) is 6.09. The van der Waals surface area contributed by atoms with Crippen LogP contribution < -0.4 is 4.74 Å². The van der Waals surface area contributed by atoms with Crippen molar-refractivity contribution in [2.45, 2.75) is 40.2 Å². The number of hydrogen-bond donors (Lipinski definition) is 1. The topological polar surface area (TPSA) is 85.5 Å². The fourth-order valence-corrected chi connectivity index (χ4v) is 2.81. The second-order valence-corrected chi connectivity index (χ2v) is 6.09. The molecule has 0 saturated carbocycles. The zero-order valence-corrected chi connectivity index (χ0v) is 15.4. The summed E-state index contributed by atoms with van der Waals surface area (Å²) in [6.45, 7) is 6.57.